The lowest BCUT2D eigenvalue weighted by atomic mass is 9.90. The maximum Gasteiger partial charge on any atom is 0.234 e. The Kier molecular flexibility index (Phi) is 4.77. The predicted molar refractivity (Wildman–Crippen MR) is 121 cm³/mol. The van der Waals surface area contributed by atoms with Crippen LogP contribution < -0.4 is 0 Å². The summed E-state index contributed by atoms with van der Waals surface area (Å²) in [4.78, 5) is 12.3. The van der Waals surface area contributed by atoms with Crippen molar-refractivity contribution in [2.75, 3.05) is 6.54 Å². The molecule has 1 unspecified atom stereocenters. The van der Waals surface area contributed by atoms with E-state index < -0.39 is 5.72 Å². The molecule has 1 saturated heterocycles. The number of phenols is 1. The predicted octanol–water partition coefficient (Wildman–Crippen LogP) is 4.97. The topological polar surface area (TPSA) is 62.9 Å². The van der Waals surface area contributed by atoms with Crippen molar-refractivity contribution in [2.45, 2.75) is 32.9 Å². The van der Waals surface area contributed by atoms with Gasteiger partial charge in [0, 0.05) is 25.2 Å². The first-order chi connectivity index (χ1) is 15.3. The Morgan fingerprint density at radius 3 is 2.69 bits per heavy atom. The molecule has 0 radical (unpaired) electrons. The number of benzene rings is 2. The molecule has 0 aliphatic carbocycles. The molecular weight excluding hydrogens is 407 g/mol. The van der Waals surface area contributed by atoms with Gasteiger partial charge in [0.05, 0.1) is 17.7 Å². The zero-order valence-electron chi connectivity index (χ0n) is 18.3. The van der Waals surface area contributed by atoms with Crippen molar-refractivity contribution in [3.63, 3.8) is 0 Å². The summed E-state index contributed by atoms with van der Waals surface area (Å²) in [6.45, 7) is 6.84. The lowest BCUT2D eigenvalue weighted by Crippen LogP contribution is -2.49. The van der Waals surface area contributed by atoms with Crippen molar-refractivity contribution in [2.24, 2.45) is 11.1 Å². The molecule has 7 heteroatoms. The van der Waals surface area contributed by atoms with Crippen LogP contribution in [0.2, 0.25) is 0 Å². The van der Waals surface area contributed by atoms with E-state index in [4.69, 9.17) is 4.84 Å². The van der Waals surface area contributed by atoms with Crippen molar-refractivity contribution in [1.82, 2.24) is 14.5 Å². The van der Waals surface area contributed by atoms with E-state index in [1.54, 1.807) is 29.1 Å². The van der Waals surface area contributed by atoms with E-state index in [9.17, 15) is 9.50 Å². The molecule has 6 nitrogen and oxygen atoms in total. The fourth-order valence-corrected chi connectivity index (χ4v) is 4.46. The normalized spacial score (nSPS) is 23.8. The fourth-order valence-electron chi connectivity index (χ4n) is 4.46. The van der Waals surface area contributed by atoms with Crippen molar-refractivity contribution >= 4 is 11.9 Å². The highest BCUT2D eigenvalue weighted by Crippen LogP contribution is 2.41. The summed E-state index contributed by atoms with van der Waals surface area (Å²) in [5, 5.41) is 15.0. The Bertz CT molecular complexity index is 1230. The van der Waals surface area contributed by atoms with Crippen LogP contribution in [0.25, 0.3) is 11.8 Å². The zero-order valence-corrected chi connectivity index (χ0v) is 18.3. The largest absolute Gasteiger partial charge is 0.506 e. The van der Waals surface area contributed by atoms with Crippen LogP contribution in [0.4, 0.5) is 4.39 Å². The number of aromatic nitrogens is 2. The van der Waals surface area contributed by atoms with Gasteiger partial charge in [-0.3, -0.25) is 0 Å². The van der Waals surface area contributed by atoms with Gasteiger partial charge in [0.1, 0.15) is 11.6 Å². The number of imidazole rings is 1. The third-order valence-electron chi connectivity index (χ3n) is 6.14. The molecule has 3 heterocycles. The van der Waals surface area contributed by atoms with Crippen LogP contribution in [0.15, 0.2) is 65.7 Å². The third kappa shape index (κ3) is 3.43. The minimum Gasteiger partial charge on any atom is -0.506 e. The van der Waals surface area contributed by atoms with Crippen LogP contribution in [-0.4, -0.2) is 31.9 Å². The number of fused-ring (bicyclic) bond motifs is 1. The summed E-state index contributed by atoms with van der Waals surface area (Å²) >= 11 is 0. The summed E-state index contributed by atoms with van der Waals surface area (Å²) in [6, 6.07) is 12.0. The van der Waals surface area contributed by atoms with Crippen LogP contribution in [0.5, 0.6) is 5.75 Å². The van der Waals surface area contributed by atoms with Crippen molar-refractivity contribution in [1.29, 1.82) is 0 Å². The van der Waals surface area contributed by atoms with Gasteiger partial charge < -0.3 is 19.4 Å². The first-order valence-corrected chi connectivity index (χ1v) is 10.7. The molecule has 0 amide bonds. The quantitative estimate of drug-likeness (QED) is 0.635. The molecule has 2 aromatic carbocycles. The van der Waals surface area contributed by atoms with Crippen molar-refractivity contribution < 1.29 is 14.3 Å². The minimum absolute atomic E-state index is 0.179. The fraction of sp³-hybridized carbons (Fsp3) is 0.280. The van der Waals surface area contributed by atoms with Crippen LogP contribution in [0.3, 0.4) is 0 Å². The number of oxime groups is 1. The summed E-state index contributed by atoms with van der Waals surface area (Å²) in [5.74, 6) is 1.06. The number of halogens is 1. The molecular formula is C25H25FN4O2. The molecule has 2 atom stereocenters. The molecule has 5 rings (SSSR count). The molecule has 0 bridgehead atoms. The van der Waals surface area contributed by atoms with Crippen molar-refractivity contribution in [3.05, 3.63) is 83.2 Å². The van der Waals surface area contributed by atoms with E-state index in [1.165, 1.54) is 12.1 Å². The second-order valence-corrected chi connectivity index (χ2v) is 8.76. The number of hydrogen-bond acceptors (Lipinski definition) is 5. The Morgan fingerprint density at radius 2 is 2.00 bits per heavy atom. The van der Waals surface area contributed by atoms with E-state index in [0.29, 0.717) is 11.6 Å². The Balaban J connectivity index is 1.47. The maximum atomic E-state index is 13.5. The summed E-state index contributed by atoms with van der Waals surface area (Å²) in [5.41, 5.74) is 3.54. The van der Waals surface area contributed by atoms with Gasteiger partial charge in [-0.15, -0.1) is 0 Å². The van der Waals surface area contributed by atoms with Crippen LogP contribution in [-0.2, 0) is 10.6 Å². The molecule has 2 aliphatic rings. The molecule has 164 valence electrons. The zero-order chi connectivity index (χ0) is 22.5. The first-order valence-electron chi connectivity index (χ1n) is 10.7. The Labute approximate surface area is 186 Å². The molecule has 1 fully saturated rings. The number of aromatic hydroxyl groups is 1. The van der Waals surface area contributed by atoms with Crippen LogP contribution >= 0.6 is 0 Å². The maximum absolute atomic E-state index is 13.5. The average molecular weight is 432 g/mol. The summed E-state index contributed by atoms with van der Waals surface area (Å²) < 4.78 is 15.3. The summed E-state index contributed by atoms with van der Waals surface area (Å²) in [7, 11) is 0. The van der Waals surface area contributed by atoms with Gasteiger partial charge in [0.2, 0.25) is 5.72 Å². The highest BCUT2D eigenvalue weighted by Gasteiger charge is 2.47. The van der Waals surface area contributed by atoms with Gasteiger partial charge in [-0.2, -0.15) is 0 Å². The summed E-state index contributed by atoms with van der Waals surface area (Å²) in [6.07, 6.45) is 6.45. The van der Waals surface area contributed by atoms with E-state index in [2.05, 4.69) is 22.0 Å². The number of amidine groups is 1. The van der Waals surface area contributed by atoms with Gasteiger partial charge in [-0.1, -0.05) is 30.3 Å². The van der Waals surface area contributed by atoms with Gasteiger partial charge in [-0.25, -0.2) is 9.37 Å². The van der Waals surface area contributed by atoms with Gasteiger partial charge in [-0.05, 0) is 60.7 Å². The van der Waals surface area contributed by atoms with E-state index in [1.807, 2.05) is 38.3 Å². The van der Waals surface area contributed by atoms with E-state index in [0.717, 1.165) is 41.2 Å². The second-order valence-electron chi connectivity index (χ2n) is 8.76. The van der Waals surface area contributed by atoms with E-state index in [-0.39, 0.29) is 11.6 Å². The SMILES string of the molecule is Cc1cn(-c2ccc(C=C3C[C@@H](C)CN4C3=NOC4(C)c3ccc(F)cc3)cc2O)cn1. The molecule has 0 saturated carbocycles. The monoisotopic (exact) mass is 432 g/mol. The molecule has 3 aromatic rings. The lowest BCUT2D eigenvalue weighted by molar-refractivity contribution is -0.0948. The molecule has 1 N–H and O–H groups in total. The number of hydrogen-bond donors (Lipinski definition) is 1. The number of nitrogens with zero attached hydrogens (tertiary/aromatic N) is 4. The minimum atomic E-state index is -0.790. The number of phenolic OH excluding ortho intramolecular Hbond substituents is 1. The van der Waals surface area contributed by atoms with Gasteiger partial charge in [0.25, 0.3) is 0 Å². The van der Waals surface area contributed by atoms with Gasteiger partial charge in [0.15, 0.2) is 5.84 Å². The first kappa shape index (κ1) is 20.3. The smallest absolute Gasteiger partial charge is 0.234 e. The number of piperidine rings is 1. The van der Waals surface area contributed by atoms with Crippen molar-refractivity contribution in [3.8, 4) is 11.4 Å². The third-order valence-corrected chi connectivity index (χ3v) is 6.14. The standard InChI is InChI=1S/C25H25FN4O2/c1-16-10-19(11-18-4-9-22(23(31)12-18)29-14-17(2)27-15-29)24-28-32-25(3,30(24)13-16)20-5-7-21(26)8-6-20/h4-9,11-12,14-16,31H,10,13H2,1-3H3/t16-,25?/m1/s1. The van der Waals surface area contributed by atoms with Crippen LogP contribution in [0, 0.1) is 18.7 Å². The molecule has 1 aromatic heterocycles. The molecule has 0 spiro atoms. The Hall–Kier alpha value is -3.61. The lowest BCUT2D eigenvalue weighted by Gasteiger charge is -2.40. The van der Waals surface area contributed by atoms with Crippen LogP contribution in [0.1, 0.15) is 37.1 Å². The highest BCUT2D eigenvalue weighted by molar-refractivity contribution is 6.03. The highest BCUT2D eigenvalue weighted by atomic mass is 19.1. The molecule has 32 heavy (non-hydrogen) atoms. The average Bonchev–Trinajstić information content (AvgIpc) is 3.33. The number of aryl methyl sites for hydroxylation is 1. The molecule has 2 aliphatic heterocycles. The number of rotatable bonds is 3. The Morgan fingerprint density at radius 1 is 1.22 bits per heavy atom. The second kappa shape index (κ2) is 7.51. The van der Waals surface area contributed by atoms with E-state index >= 15 is 0 Å². The van der Waals surface area contributed by atoms with Gasteiger partial charge >= 0.3 is 0 Å².